The molecule has 1 aromatic rings. The highest BCUT2D eigenvalue weighted by atomic mass is 16.5. The van der Waals surface area contributed by atoms with E-state index >= 15 is 0 Å². The molecule has 16 heavy (non-hydrogen) atoms. The van der Waals surface area contributed by atoms with Crippen molar-refractivity contribution in [2.24, 2.45) is 0 Å². The number of aryl methyl sites for hydroxylation is 2. The van der Waals surface area contributed by atoms with Gasteiger partial charge in [-0.1, -0.05) is 13.0 Å². The molecule has 1 aliphatic carbocycles. The number of hydrogen-bond acceptors (Lipinski definition) is 2. The SMILES string of the molecule is CCC(COc1ccc2c(c1)CCC2)NC. The van der Waals surface area contributed by atoms with E-state index in [2.05, 4.69) is 30.4 Å². The van der Waals surface area contributed by atoms with Crippen LogP contribution in [0, 0.1) is 0 Å². The maximum absolute atomic E-state index is 5.81. The molecule has 0 aromatic heterocycles. The van der Waals surface area contributed by atoms with Crippen LogP contribution in [0.3, 0.4) is 0 Å². The summed E-state index contributed by atoms with van der Waals surface area (Å²) in [4.78, 5) is 0. The lowest BCUT2D eigenvalue weighted by atomic mass is 10.1. The molecule has 2 nitrogen and oxygen atoms in total. The summed E-state index contributed by atoms with van der Waals surface area (Å²) in [6.07, 6.45) is 4.85. The largest absolute Gasteiger partial charge is 0.492 e. The molecule has 0 heterocycles. The lowest BCUT2D eigenvalue weighted by Crippen LogP contribution is -2.30. The lowest BCUT2D eigenvalue weighted by Gasteiger charge is -2.15. The first-order valence-electron chi connectivity index (χ1n) is 6.25. The molecule has 0 amide bonds. The van der Waals surface area contributed by atoms with Crippen molar-refractivity contribution in [3.05, 3.63) is 29.3 Å². The van der Waals surface area contributed by atoms with Gasteiger partial charge in [0, 0.05) is 6.04 Å². The molecule has 1 aliphatic rings. The zero-order valence-corrected chi connectivity index (χ0v) is 10.3. The van der Waals surface area contributed by atoms with Crippen LogP contribution in [-0.4, -0.2) is 19.7 Å². The fourth-order valence-corrected chi connectivity index (χ4v) is 2.24. The second kappa shape index (κ2) is 5.35. The average Bonchev–Trinajstić information content (AvgIpc) is 2.77. The summed E-state index contributed by atoms with van der Waals surface area (Å²) in [5, 5.41) is 3.25. The molecule has 0 radical (unpaired) electrons. The highest BCUT2D eigenvalue weighted by molar-refractivity contribution is 5.38. The van der Waals surface area contributed by atoms with E-state index in [-0.39, 0.29) is 0 Å². The van der Waals surface area contributed by atoms with Gasteiger partial charge >= 0.3 is 0 Å². The zero-order valence-electron chi connectivity index (χ0n) is 10.3. The molecule has 1 aromatic carbocycles. The molecular formula is C14H21NO. The quantitative estimate of drug-likeness (QED) is 0.821. The Morgan fingerprint density at radius 3 is 2.88 bits per heavy atom. The van der Waals surface area contributed by atoms with Crippen LogP contribution in [0.1, 0.15) is 30.9 Å². The van der Waals surface area contributed by atoms with Gasteiger partial charge in [-0.2, -0.15) is 0 Å². The van der Waals surface area contributed by atoms with Gasteiger partial charge in [-0.3, -0.25) is 0 Å². The van der Waals surface area contributed by atoms with E-state index in [9.17, 15) is 0 Å². The predicted octanol–water partition coefficient (Wildman–Crippen LogP) is 2.55. The third-order valence-electron chi connectivity index (χ3n) is 3.42. The topological polar surface area (TPSA) is 21.3 Å². The van der Waals surface area contributed by atoms with E-state index in [1.54, 1.807) is 0 Å². The minimum absolute atomic E-state index is 0.452. The summed E-state index contributed by atoms with van der Waals surface area (Å²) in [5.74, 6) is 1.02. The number of nitrogens with one attached hydrogen (secondary N) is 1. The Labute approximate surface area is 98.0 Å². The van der Waals surface area contributed by atoms with Crippen LogP contribution in [0.25, 0.3) is 0 Å². The third-order valence-corrected chi connectivity index (χ3v) is 3.42. The predicted molar refractivity (Wildman–Crippen MR) is 67.1 cm³/mol. The number of fused-ring (bicyclic) bond motifs is 1. The zero-order chi connectivity index (χ0) is 11.4. The smallest absolute Gasteiger partial charge is 0.119 e. The summed E-state index contributed by atoms with van der Waals surface area (Å²) in [6.45, 7) is 2.93. The van der Waals surface area contributed by atoms with Gasteiger partial charge in [0.1, 0.15) is 12.4 Å². The number of ether oxygens (including phenoxy) is 1. The number of likely N-dealkylation sites (N-methyl/N-ethyl adjacent to an activating group) is 1. The molecule has 0 fully saturated rings. The first-order chi connectivity index (χ1) is 7.83. The average molecular weight is 219 g/mol. The summed E-state index contributed by atoms with van der Waals surface area (Å²) < 4.78 is 5.81. The van der Waals surface area contributed by atoms with E-state index in [0.717, 1.165) is 18.8 Å². The lowest BCUT2D eigenvalue weighted by molar-refractivity contribution is 0.267. The Balaban J connectivity index is 1.95. The maximum Gasteiger partial charge on any atom is 0.119 e. The van der Waals surface area contributed by atoms with Crippen LogP contribution in [0.2, 0.25) is 0 Å². The van der Waals surface area contributed by atoms with Gasteiger partial charge in [-0.25, -0.2) is 0 Å². The van der Waals surface area contributed by atoms with Crippen molar-refractivity contribution in [2.75, 3.05) is 13.7 Å². The van der Waals surface area contributed by atoms with Gasteiger partial charge in [0.25, 0.3) is 0 Å². The van der Waals surface area contributed by atoms with Crippen LogP contribution < -0.4 is 10.1 Å². The van der Waals surface area contributed by atoms with E-state index < -0.39 is 0 Å². The molecule has 2 rings (SSSR count). The van der Waals surface area contributed by atoms with Crippen molar-refractivity contribution in [1.29, 1.82) is 0 Å². The Hall–Kier alpha value is -1.02. The van der Waals surface area contributed by atoms with Crippen LogP contribution >= 0.6 is 0 Å². The summed E-state index contributed by atoms with van der Waals surface area (Å²) in [6, 6.07) is 6.99. The highest BCUT2D eigenvalue weighted by Crippen LogP contribution is 2.26. The molecule has 1 unspecified atom stereocenters. The molecule has 0 saturated heterocycles. The van der Waals surface area contributed by atoms with Gasteiger partial charge in [0.2, 0.25) is 0 Å². The summed E-state index contributed by atoms with van der Waals surface area (Å²) in [7, 11) is 1.99. The van der Waals surface area contributed by atoms with Gasteiger partial charge in [0.05, 0.1) is 0 Å². The summed E-state index contributed by atoms with van der Waals surface area (Å²) >= 11 is 0. The van der Waals surface area contributed by atoms with Crippen LogP contribution in [0.15, 0.2) is 18.2 Å². The monoisotopic (exact) mass is 219 g/mol. The Morgan fingerprint density at radius 2 is 2.12 bits per heavy atom. The minimum Gasteiger partial charge on any atom is -0.492 e. The van der Waals surface area contributed by atoms with E-state index in [1.165, 1.54) is 30.4 Å². The molecule has 1 atom stereocenters. The van der Waals surface area contributed by atoms with Crippen molar-refractivity contribution in [3.8, 4) is 5.75 Å². The number of hydrogen-bond donors (Lipinski definition) is 1. The van der Waals surface area contributed by atoms with Crippen molar-refractivity contribution in [2.45, 2.75) is 38.6 Å². The van der Waals surface area contributed by atoms with E-state index in [0.29, 0.717) is 6.04 Å². The Kier molecular flexibility index (Phi) is 3.83. The summed E-state index contributed by atoms with van der Waals surface area (Å²) in [5.41, 5.74) is 2.99. The van der Waals surface area contributed by atoms with Crippen molar-refractivity contribution in [1.82, 2.24) is 5.32 Å². The number of benzene rings is 1. The Morgan fingerprint density at radius 1 is 1.31 bits per heavy atom. The highest BCUT2D eigenvalue weighted by Gasteiger charge is 2.11. The first-order valence-corrected chi connectivity index (χ1v) is 6.25. The minimum atomic E-state index is 0.452. The fourth-order valence-electron chi connectivity index (χ4n) is 2.24. The molecular weight excluding hydrogens is 198 g/mol. The molecule has 1 N–H and O–H groups in total. The van der Waals surface area contributed by atoms with Crippen LogP contribution in [0.5, 0.6) is 5.75 Å². The molecule has 0 spiro atoms. The normalized spacial score (nSPS) is 15.9. The van der Waals surface area contributed by atoms with Crippen molar-refractivity contribution >= 4 is 0 Å². The van der Waals surface area contributed by atoms with Gasteiger partial charge < -0.3 is 10.1 Å². The number of rotatable bonds is 5. The molecule has 2 heteroatoms. The third kappa shape index (κ3) is 2.56. The second-order valence-corrected chi connectivity index (χ2v) is 4.49. The molecule has 0 bridgehead atoms. The van der Waals surface area contributed by atoms with Gasteiger partial charge in [-0.05, 0) is 56.0 Å². The van der Waals surface area contributed by atoms with Gasteiger partial charge in [0.15, 0.2) is 0 Å². The van der Waals surface area contributed by atoms with Crippen molar-refractivity contribution in [3.63, 3.8) is 0 Å². The first kappa shape index (κ1) is 11.5. The van der Waals surface area contributed by atoms with Gasteiger partial charge in [-0.15, -0.1) is 0 Å². The maximum atomic E-state index is 5.81. The standard InChI is InChI=1S/C14H21NO/c1-3-13(15-2)10-16-14-8-7-11-5-4-6-12(11)9-14/h7-9,13,15H,3-6,10H2,1-2H3. The molecule has 0 saturated carbocycles. The molecule has 0 aliphatic heterocycles. The molecule has 88 valence electrons. The second-order valence-electron chi connectivity index (χ2n) is 4.49. The van der Waals surface area contributed by atoms with Crippen LogP contribution in [0.4, 0.5) is 0 Å². The fraction of sp³-hybridized carbons (Fsp3) is 0.571. The van der Waals surface area contributed by atoms with Crippen molar-refractivity contribution < 1.29 is 4.74 Å². The van der Waals surface area contributed by atoms with E-state index in [4.69, 9.17) is 4.74 Å². The van der Waals surface area contributed by atoms with E-state index in [1.807, 2.05) is 7.05 Å². The Bertz CT molecular complexity index is 345. The van der Waals surface area contributed by atoms with Crippen LogP contribution in [-0.2, 0) is 12.8 Å².